The minimum atomic E-state index is -0.0975. The zero-order valence-corrected chi connectivity index (χ0v) is 18.4. The van der Waals surface area contributed by atoms with E-state index in [4.69, 9.17) is 0 Å². The number of amides is 1. The highest BCUT2D eigenvalue weighted by Gasteiger charge is 2.20. The highest BCUT2D eigenvalue weighted by atomic mass is 16.1. The van der Waals surface area contributed by atoms with Crippen molar-refractivity contribution in [1.82, 2.24) is 15.3 Å². The van der Waals surface area contributed by atoms with E-state index in [9.17, 15) is 4.79 Å². The second-order valence-electron chi connectivity index (χ2n) is 8.12. The topological polar surface area (TPSA) is 61.0 Å². The quantitative estimate of drug-likeness (QED) is 0.478. The molecule has 4 aromatic rings. The summed E-state index contributed by atoms with van der Waals surface area (Å²) in [6.45, 7) is 4.30. The summed E-state index contributed by atoms with van der Waals surface area (Å²) in [7, 11) is 4.06. The first kappa shape index (κ1) is 20.7. The van der Waals surface area contributed by atoms with Crippen LogP contribution in [0.3, 0.4) is 0 Å². The number of rotatable bonds is 6. The fourth-order valence-electron chi connectivity index (χ4n) is 4.01. The lowest BCUT2D eigenvalue weighted by Gasteiger charge is -2.20. The van der Waals surface area contributed by atoms with Gasteiger partial charge in [0.15, 0.2) is 0 Å². The van der Waals surface area contributed by atoms with Crippen molar-refractivity contribution in [1.29, 1.82) is 0 Å². The molecule has 2 heterocycles. The van der Waals surface area contributed by atoms with Crippen LogP contribution in [0.25, 0.3) is 10.9 Å². The van der Waals surface area contributed by atoms with E-state index in [1.54, 1.807) is 0 Å². The first-order valence-electron chi connectivity index (χ1n) is 10.5. The summed E-state index contributed by atoms with van der Waals surface area (Å²) in [5.74, 6) is -0.0743. The molecule has 0 spiro atoms. The molecule has 0 aliphatic carbocycles. The highest BCUT2D eigenvalue weighted by molar-refractivity contribution is 5.95. The third-order valence-corrected chi connectivity index (χ3v) is 5.74. The molecule has 0 aliphatic heterocycles. The SMILES string of the molecule is Cc1ccc(C(=O)NCC(c2ccc(N(C)C)cc2)c2c[nH]c3ccccc23)c(C)n1. The van der Waals surface area contributed by atoms with Gasteiger partial charge in [0.2, 0.25) is 0 Å². The zero-order chi connectivity index (χ0) is 22.0. The van der Waals surface area contributed by atoms with Crippen LogP contribution in [0.1, 0.15) is 38.8 Å². The lowest BCUT2D eigenvalue weighted by molar-refractivity contribution is 0.0951. The van der Waals surface area contributed by atoms with Gasteiger partial charge in [-0.1, -0.05) is 30.3 Å². The second kappa shape index (κ2) is 8.64. The summed E-state index contributed by atoms with van der Waals surface area (Å²) in [4.78, 5) is 22.8. The number of hydrogen-bond acceptors (Lipinski definition) is 3. The van der Waals surface area contributed by atoms with Crippen molar-refractivity contribution in [3.63, 3.8) is 0 Å². The number of carbonyl (C=O) groups is 1. The third-order valence-electron chi connectivity index (χ3n) is 5.74. The monoisotopic (exact) mass is 412 g/mol. The Bertz CT molecular complexity index is 1210. The van der Waals surface area contributed by atoms with Crippen LogP contribution in [-0.2, 0) is 0 Å². The van der Waals surface area contributed by atoms with Gasteiger partial charge in [-0.2, -0.15) is 0 Å². The number of nitrogens with zero attached hydrogens (tertiary/aromatic N) is 2. The van der Waals surface area contributed by atoms with E-state index in [1.165, 1.54) is 10.9 Å². The Hall–Kier alpha value is -3.60. The predicted molar refractivity (Wildman–Crippen MR) is 127 cm³/mol. The molecule has 0 saturated heterocycles. The summed E-state index contributed by atoms with van der Waals surface area (Å²) < 4.78 is 0. The Labute approximate surface area is 183 Å². The fourth-order valence-corrected chi connectivity index (χ4v) is 4.01. The van der Waals surface area contributed by atoms with Gasteiger partial charge >= 0.3 is 0 Å². The van der Waals surface area contributed by atoms with Crippen molar-refractivity contribution in [3.05, 3.63) is 94.9 Å². The molecule has 158 valence electrons. The molecule has 0 aliphatic rings. The largest absolute Gasteiger partial charge is 0.378 e. The second-order valence-corrected chi connectivity index (χ2v) is 8.12. The molecule has 0 fully saturated rings. The molecular weight excluding hydrogens is 384 g/mol. The van der Waals surface area contributed by atoms with Crippen LogP contribution >= 0.6 is 0 Å². The first-order chi connectivity index (χ1) is 14.9. The number of carbonyl (C=O) groups excluding carboxylic acids is 1. The highest BCUT2D eigenvalue weighted by Crippen LogP contribution is 2.31. The number of pyridine rings is 1. The van der Waals surface area contributed by atoms with Crippen LogP contribution in [0.4, 0.5) is 5.69 Å². The van der Waals surface area contributed by atoms with E-state index in [-0.39, 0.29) is 11.8 Å². The standard InChI is InChI=1S/C26H28N4O/c1-17-9-14-21(18(2)29-17)26(31)28-15-23(19-10-12-20(13-11-19)30(3)4)24-16-27-25-8-6-5-7-22(24)25/h5-14,16,23,27H,15H2,1-4H3,(H,28,31). The maximum absolute atomic E-state index is 12.9. The van der Waals surface area contributed by atoms with Gasteiger partial charge in [0.1, 0.15) is 0 Å². The molecule has 1 amide bonds. The van der Waals surface area contributed by atoms with Crippen LogP contribution in [0, 0.1) is 13.8 Å². The lowest BCUT2D eigenvalue weighted by atomic mass is 9.90. The lowest BCUT2D eigenvalue weighted by Crippen LogP contribution is -2.29. The number of fused-ring (bicyclic) bond motifs is 1. The van der Waals surface area contributed by atoms with Gasteiger partial charge in [-0.3, -0.25) is 9.78 Å². The van der Waals surface area contributed by atoms with Crippen molar-refractivity contribution in [2.45, 2.75) is 19.8 Å². The number of nitrogens with one attached hydrogen (secondary N) is 2. The van der Waals surface area contributed by atoms with E-state index in [0.29, 0.717) is 12.1 Å². The van der Waals surface area contributed by atoms with Crippen molar-refractivity contribution in [2.75, 3.05) is 25.5 Å². The number of aromatic nitrogens is 2. The summed E-state index contributed by atoms with van der Waals surface area (Å²) in [5, 5.41) is 4.32. The number of benzene rings is 2. The normalized spacial score (nSPS) is 12.0. The molecule has 2 N–H and O–H groups in total. The summed E-state index contributed by atoms with van der Waals surface area (Å²) in [6.07, 6.45) is 2.06. The van der Waals surface area contributed by atoms with E-state index in [2.05, 4.69) is 62.8 Å². The van der Waals surface area contributed by atoms with Crippen molar-refractivity contribution >= 4 is 22.5 Å². The number of H-pyrrole nitrogens is 1. The molecule has 1 atom stereocenters. The van der Waals surface area contributed by atoms with Crippen LogP contribution in [0.2, 0.25) is 0 Å². The van der Waals surface area contributed by atoms with Crippen LogP contribution in [0.15, 0.2) is 66.9 Å². The molecule has 0 bridgehead atoms. The third kappa shape index (κ3) is 4.31. The molecule has 0 saturated carbocycles. The first-order valence-corrected chi connectivity index (χ1v) is 10.5. The molecule has 1 unspecified atom stereocenters. The molecule has 5 nitrogen and oxygen atoms in total. The number of para-hydroxylation sites is 1. The predicted octanol–water partition coefficient (Wildman–Crippen LogP) is 4.81. The van der Waals surface area contributed by atoms with Crippen molar-refractivity contribution < 1.29 is 4.79 Å². The van der Waals surface area contributed by atoms with Gasteiger partial charge in [-0.25, -0.2) is 0 Å². The zero-order valence-electron chi connectivity index (χ0n) is 18.4. The van der Waals surface area contributed by atoms with Crippen molar-refractivity contribution in [2.24, 2.45) is 0 Å². The Kier molecular flexibility index (Phi) is 5.76. The molecule has 2 aromatic heterocycles. The summed E-state index contributed by atoms with van der Waals surface area (Å²) in [6, 6.07) is 20.5. The number of anilines is 1. The summed E-state index contributed by atoms with van der Waals surface area (Å²) in [5.41, 5.74) is 6.85. The van der Waals surface area contributed by atoms with Gasteiger partial charge in [0.05, 0.1) is 11.3 Å². The van der Waals surface area contributed by atoms with E-state index >= 15 is 0 Å². The molecule has 0 radical (unpaired) electrons. The van der Waals surface area contributed by atoms with Crippen molar-refractivity contribution in [3.8, 4) is 0 Å². The van der Waals surface area contributed by atoms with Gasteiger partial charge in [-0.05, 0) is 55.3 Å². The Morgan fingerprint density at radius 2 is 1.77 bits per heavy atom. The molecular formula is C26H28N4O. The molecule has 5 heteroatoms. The number of hydrogen-bond donors (Lipinski definition) is 2. The minimum absolute atomic E-state index is 0.0232. The fraction of sp³-hybridized carbons (Fsp3) is 0.231. The van der Waals surface area contributed by atoms with Crippen LogP contribution in [0.5, 0.6) is 0 Å². The molecule has 2 aromatic carbocycles. The maximum atomic E-state index is 12.9. The number of aryl methyl sites for hydroxylation is 2. The van der Waals surface area contributed by atoms with Gasteiger partial charge in [0.25, 0.3) is 5.91 Å². The van der Waals surface area contributed by atoms with Crippen LogP contribution < -0.4 is 10.2 Å². The van der Waals surface area contributed by atoms with E-state index in [0.717, 1.165) is 28.2 Å². The summed E-state index contributed by atoms with van der Waals surface area (Å²) >= 11 is 0. The average molecular weight is 413 g/mol. The smallest absolute Gasteiger partial charge is 0.253 e. The van der Waals surface area contributed by atoms with E-state index in [1.807, 2.05) is 52.2 Å². The molecule has 31 heavy (non-hydrogen) atoms. The molecule has 4 rings (SSSR count). The van der Waals surface area contributed by atoms with Gasteiger partial charge in [-0.15, -0.1) is 0 Å². The maximum Gasteiger partial charge on any atom is 0.253 e. The number of aromatic amines is 1. The van der Waals surface area contributed by atoms with Gasteiger partial charge in [0, 0.05) is 55.0 Å². The Balaban J connectivity index is 1.66. The Morgan fingerprint density at radius 3 is 2.48 bits per heavy atom. The van der Waals surface area contributed by atoms with Crippen LogP contribution in [-0.4, -0.2) is 36.5 Å². The Morgan fingerprint density at radius 1 is 1.03 bits per heavy atom. The average Bonchev–Trinajstić information content (AvgIpc) is 3.18. The van der Waals surface area contributed by atoms with E-state index < -0.39 is 0 Å². The van der Waals surface area contributed by atoms with Gasteiger partial charge < -0.3 is 15.2 Å². The minimum Gasteiger partial charge on any atom is -0.378 e.